The number of benzene rings is 2. The van der Waals surface area contributed by atoms with Crippen molar-refractivity contribution in [1.29, 1.82) is 0 Å². The molecule has 2 aromatic rings. The summed E-state index contributed by atoms with van der Waals surface area (Å²) >= 11 is 0. The van der Waals surface area contributed by atoms with Gasteiger partial charge in [-0.15, -0.1) is 0 Å². The van der Waals surface area contributed by atoms with E-state index >= 15 is 0 Å². The third-order valence-electron chi connectivity index (χ3n) is 6.81. The minimum atomic E-state index is -1.53. The summed E-state index contributed by atoms with van der Waals surface area (Å²) in [6, 6.07) is 15.0. The van der Waals surface area contributed by atoms with E-state index in [1.54, 1.807) is 11.9 Å². The van der Waals surface area contributed by atoms with Gasteiger partial charge in [0.2, 0.25) is 11.8 Å². The van der Waals surface area contributed by atoms with Crippen molar-refractivity contribution in [3.8, 4) is 0 Å². The van der Waals surface area contributed by atoms with E-state index in [0.29, 0.717) is 37.2 Å². The maximum Gasteiger partial charge on any atom is 0.285 e. The number of primary amides is 1. The Kier molecular flexibility index (Phi) is 4.98. The summed E-state index contributed by atoms with van der Waals surface area (Å²) < 4.78 is 6.27. The summed E-state index contributed by atoms with van der Waals surface area (Å²) in [5, 5.41) is 0. The SMILES string of the molecule is CN1C(=O)[C@@]2(OCc3ccccc3N2C(=O)CN2CCC(C(N)=O)CC2)c2ccccc21. The zero-order valence-corrected chi connectivity index (χ0v) is 18.0. The van der Waals surface area contributed by atoms with Crippen LogP contribution in [0.4, 0.5) is 11.4 Å². The molecule has 0 aromatic heterocycles. The maximum absolute atomic E-state index is 13.8. The quantitative estimate of drug-likeness (QED) is 0.791. The van der Waals surface area contributed by atoms with Gasteiger partial charge in [0.25, 0.3) is 11.6 Å². The van der Waals surface area contributed by atoms with Crippen LogP contribution in [0.25, 0.3) is 0 Å². The fourth-order valence-electron chi connectivity index (χ4n) is 5.08. The van der Waals surface area contributed by atoms with Gasteiger partial charge in [-0.25, -0.2) is 0 Å². The molecular weight excluding hydrogens is 408 g/mol. The lowest BCUT2D eigenvalue weighted by Crippen LogP contribution is -2.61. The predicted octanol–water partition coefficient (Wildman–Crippen LogP) is 1.58. The number of amides is 3. The van der Waals surface area contributed by atoms with E-state index in [4.69, 9.17) is 10.5 Å². The molecule has 1 spiro atoms. The van der Waals surface area contributed by atoms with Gasteiger partial charge in [0.15, 0.2) is 0 Å². The fraction of sp³-hybridized carbons (Fsp3) is 0.375. The van der Waals surface area contributed by atoms with Crippen LogP contribution in [-0.4, -0.2) is 49.3 Å². The molecule has 1 atom stereocenters. The van der Waals surface area contributed by atoms with E-state index < -0.39 is 5.72 Å². The van der Waals surface area contributed by atoms with Crippen LogP contribution in [0.2, 0.25) is 0 Å². The zero-order valence-electron chi connectivity index (χ0n) is 18.0. The molecule has 8 heteroatoms. The number of fused-ring (bicyclic) bond motifs is 3. The number of rotatable bonds is 3. The van der Waals surface area contributed by atoms with Gasteiger partial charge < -0.3 is 15.4 Å². The number of nitrogens with zero attached hydrogens (tertiary/aromatic N) is 3. The highest BCUT2D eigenvalue weighted by Gasteiger charge is 2.59. The Morgan fingerprint density at radius 3 is 2.44 bits per heavy atom. The van der Waals surface area contributed by atoms with Gasteiger partial charge in [-0.2, -0.15) is 0 Å². The van der Waals surface area contributed by atoms with E-state index in [2.05, 4.69) is 0 Å². The first kappa shape index (κ1) is 20.7. The Balaban J connectivity index is 1.53. The molecule has 166 valence electrons. The molecule has 3 heterocycles. The number of carbonyl (C=O) groups is 3. The molecule has 1 saturated heterocycles. The highest BCUT2D eigenvalue weighted by molar-refractivity contribution is 6.14. The lowest BCUT2D eigenvalue weighted by Gasteiger charge is -2.44. The predicted molar refractivity (Wildman–Crippen MR) is 119 cm³/mol. The van der Waals surface area contributed by atoms with Crippen LogP contribution in [0.3, 0.4) is 0 Å². The van der Waals surface area contributed by atoms with Crippen LogP contribution >= 0.6 is 0 Å². The lowest BCUT2D eigenvalue weighted by molar-refractivity contribution is -0.153. The first-order chi connectivity index (χ1) is 15.4. The molecular formula is C24H26N4O4. The summed E-state index contributed by atoms with van der Waals surface area (Å²) in [4.78, 5) is 44.0. The average molecular weight is 434 g/mol. The average Bonchev–Trinajstić information content (AvgIpc) is 3.02. The van der Waals surface area contributed by atoms with Crippen LogP contribution in [0.1, 0.15) is 24.0 Å². The van der Waals surface area contributed by atoms with Crippen molar-refractivity contribution in [2.75, 3.05) is 36.5 Å². The summed E-state index contributed by atoms with van der Waals surface area (Å²) in [6.07, 6.45) is 1.26. The molecule has 3 aliphatic rings. The van der Waals surface area contributed by atoms with Crippen molar-refractivity contribution >= 4 is 29.1 Å². The summed E-state index contributed by atoms with van der Waals surface area (Å²) in [6.45, 7) is 1.57. The number of hydrogen-bond acceptors (Lipinski definition) is 5. The molecule has 8 nitrogen and oxygen atoms in total. The molecule has 2 N–H and O–H groups in total. The van der Waals surface area contributed by atoms with Gasteiger partial charge in [0, 0.05) is 24.1 Å². The largest absolute Gasteiger partial charge is 0.369 e. The Morgan fingerprint density at radius 1 is 1.06 bits per heavy atom. The van der Waals surface area contributed by atoms with E-state index in [-0.39, 0.29) is 36.8 Å². The van der Waals surface area contributed by atoms with Crippen LogP contribution < -0.4 is 15.5 Å². The highest BCUT2D eigenvalue weighted by atomic mass is 16.5. The minimum absolute atomic E-state index is 0.129. The number of nitrogens with two attached hydrogens (primary N) is 1. The molecule has 1 fully saturated rings. The third kappa shape index (κ3) is 3.02. The molecule has 0 radical (unpaired) electrons. The number of anilines is 2. The molecule has 0 bridgehead atoms. The van der Waals surface area contributed by atoms with Crippen LogP contribution in [0.5, 0.6) is 0 Å². The van der Waals surface area contributed by atoms with Gasteiger partial charge in [0.1, 0.15) is 0 Å². The molecule has 2 aromatic carbocycles. The third-order valence-corrected chi connectivity index (χ3v) is 6.81. The lowest BCUT2D eigenvalue weighted by atomic mass is 9.95. The second-order valence-corrected chi connectivity index (χ2v) is 8.62. The van der Waals surface area contributed by atoms with Gasteiger partial charge in [-0.05, 0) is 38.1 Å². The number of piperidine rings is 1. The number of carbonyl (C=O) groups excluding carboxylic acids is 3. The normalized spacial score (nSPS) is 23.3. The Morgan fingerprint density at radius 2 is 1.72 bits per heavy atom. The monoisotopic (exact) mass is 434 g/mol. The van der Waals surface area contributed by atoms with Gasteiger partial charge in [-0.1, -0.05) is 36.4 Å². The minimum Gasteiger partial charge on any atom is -0.369 e. The smallest absolute Gasteiger partial charge is 0.285 e. The van der Waals surface area contributed by atoms with Gasteiger partial charge in [0.05, 0.1) is 24.5 Å². The molecule has 0 unspecified atom stereocenters. The number of hydrogen-bond donors (Lipinski definition) is 1. The van der Waals surface area contributed by atoms with Gasteiger partial charge >= 0.3 is 0 Å². The van der Waals surface area contributed by atoms with E-state index in [1.807, 2.05) is 53.4 Å². The molecule has 32 heavy (non-hydrogen) atoms. The Labute approximate surface area is 186 Å². The standard InChI is InChI=1S/C24H26N4O4/c1-26-20-9-5-3-7-18(20)24(23(26)31)28(19-8-4-2-6-17(19)15-32-24)21(29)14-27-12-10-16(11-13-27)22(25)30/h2-9,16H,10-15H2,1H3,(H2,25,30)/t24-/m0/s1. The summed E-state index contributed by atoms with van der Waals surface area (Å²) in [5.74, 6) is -0.935. The van der Waals surface area contributed by atoms with Crippen LogP contribution in [0, 0.1) is 5.92 Å². The molecule has 5 rings (SSSR count). The molecule has 0 saturated carbocycles. The second-order valence-electron chi connectivity index (χ2n) is 8.62. The first-order valence-corrected chi connectivity index (χ1v) is 10.9. The summed E-state index contributed by atoms with van der Waals surface area (Å²) in [5.41, 5.74) is 6.87. The Bertz CT molecular complexity index is 1090. The van der Waals surface area contributed by atoms with Gasteiger partial charge in [-0.3, -0.25) is 24.2 Å². The van der Waals surface area contributed by atoms with Crippen molar-refractivity contribution < 1.29 is 19.1 Å². The van der Waals surface area contributed by atoms with Crippen molar-refractivity contribution in [3.63, 3.8) is 0 Å². The van der Waals surface area contributed by atoms with Crippen molar-refractivity contribution in [3.05, 3.63) is 59.7 Å². The number of likely N-dealkylation sites (N-methyl/N-ethyl adjacent to an activating group) is 1. The van der Waals surface area contributed by atoms with Crippen molar-refractivity contribution in [2.45, 2.75) is 25.2 Å². The van der Waals surface area contributed by atoms with E-state index in [1.165, 1.54) is 4.90 Å². The molecule has 3 aliphatic heterocycles. The number of para-hydroxylation sites is 2. The van der Waals surface area contributed by atoms with Crippen LogP contribution in [0.15, 0.2) is 48.5 Å². The summed E-state index contributed by atoms with van der Waals surface area (Å²) in [7, 11) is 1.71. The zero-order chi connectivity index (χ0) is 22.5. The number of likely N-dealkylation sites (tertiary alicyclic amines) is 1. The Hall–Kier alpha value is -3.23. The number of ether oxygens (including phenoxy) is 1. The van der Waals surface area contributed by atoms with E-state index in [0.717, 1.165) is 11.3 Å². The van der Waals surface area contributed by atoms with E-state index in [9.17, 15) is 14.4 Å². The van der Waals surface area contributed by atoms with Crippen LogP contribution in [-0.2, 0) is 31.5 Å². The fourth-order valence-corrected chi connectivity index (χ4v) is 5.08. The maximum atomic E-state index is 13.8. The van der Waals surface area contributed by atoms with Crippen molar-refractivity contribution in [2.24, 2.45) is 11.7 Å². The molecule has 0 aliphatic carbocycles. The first-order valence-electron chi connectivity index (χ1n) is 10.9. The topological polar surface area (TPSA) is 96.2 Å². The second kappa shape index (κ2) is 7.72. The molecule has 3 amide bonds. The van der Waals surface area contributed by atoms with Crippen molar-refractivity contribution in [1.82, 2.24) is 4.90 Å². The highest BCUT2D eigenvalue weighted by Crippen LogP contribution is 2.49.